The van der Waals surface area contributed by atoms with E-state index in [2.05, 4.69) is 54.3 Å². The van der Waals surface area contributed by atoms with Gasteiger partial charge in [0, 0.05) is 6.04 Å². The summed E-state index contributed by atoms with van der Waals surface area (Å²) in [5.74, 6) is 0.600. The first-order chi connectivity index (χ1) is 9.83. The molecule has 2 aromatic carbocycles. The molecule has 20 heavy (non-hydrogen) atoms. The standard InChI is InChI=1S/C18H24N2/c1-2-10-20-11-9-17(13-19)18(20)16-8-7-14-5-3-4-6-15(14)12-16/h3-8,12,17-18H,2,9-11,13,19H2,1H3. The van der Waals surface area contributed by atoms with Crippen molar-refractivity contribution in [2.45, 2.75) is 25.8 Å². The van der Waals surface area contributed by atoms with Crippen LogP contribution in [0.2, 0.25) is 0 Å². The topological polar surface area (TPSA) is 29.3 Å². The Morgan fingerprint density at radius 1 is 1.15 bits per heavy atom. The third kappa shape index (κ3) is 2.46. The van der Waals surface area contributed by atoms with E-state index in [1.165, 1.54) is 42.3 Å². The minimum absolute atomic E-state index is 0.504. The van der Waals surface area contributed by atoms with Crippen LogP contribution in [0.1, 0.15) is 31.4 Å². The zero-order valence-electron chi connectivity index (χ0n) is 12.3. The second-order valence-corrected chi connectivity index (χ2v) is 5.87. The highest BCUT2D eigenvalue weighted by Crippen LogP contribution is 2.37. The molecule has 2 heteroatoms. The quantitative estimate of drug-likeness (QED) is 0.918. The molecular weight excluding hydrogens is 244 g/mol. The monoisotopic (exact) mass is 268 g/mol. The fraction of sp³-hybridized carbons (Fsp3) is 0.444. The van der Waals surface area contributed by atoms with E-state index in [1.54, 1.807) is 0 Å². The Balaban J connectivity index is 1.97. The first-order valence-corrected chi connectivity index (χ1v) is 7.76. The largest absolute Gasteiger partial charge is 0.330 e. The predicted molar refractivity (Wildman–Crippen MR) is 85.7 cm³/mol. The van der Waals surface area contributed by atoms with Gasteiger partial charge in [0.25, 0.3) is 0 Å². The van der Waals surface area contributed by atoms with Crippen LogP contribution >= 0.6 is 0 Å². The molecular formula is C18H24N2. The molecule has 1 heterocycles. The molecule has 1 aliphatic heterocycles. The molecule has 1 saturated heterocycles. The van der Waals surface area contributed by atoms with Gasteiger partial charge in [0.15, 0.2) is 0 Å². The summed E-state index contributed by atoms with van der Waals surface area (Å²) in [6, 6.07) is 16.0. The number of rotatable bonds is 4. The third-order valence-corrected chi connectivity index (χ3v) is 4.56. The fourth-order valence-electron chi connectivity index (χ4n) is 3.59. The van der Waals surface area contributed by atoms with Crippen LogP contribution in [0, 0.1) is 5.92 Å². The zero-order valence-corrected chi connectivity index (χ0v) is 12.3. The van der Waals surface area contributed by atoms with Crippen molar-refractivity contribution in [3.63, 3.8) is 0 Å². The molecule has 0 aliphatic carbocycles. The van der Waals surface area contributed by atoms with Crippen molar-refractivity contribution in [2.24, 2.45) is 11.7 Å². The van der Waals surface area contributed by atoms with Crippen molar-refractivity contribution in [3.05, 3.63) is 48.0 Å². The summed E-state index contributed by atoms with van der Waals surface area (Å²) in [6.07, 6.45) is 2.44. The first-order valence-electron chi connectivity index (χ1n) is 7.76. The highest BCUT2D eigenvalue weighted by molar-refractivity contribution is 5.83. The van der Waals surface area contributed by atoms with Gasteiger partial charge >= 0.3 is 0 Å². The number of fused-ring (bicyclic) bond motifs is 1. The molecule has 1 fully saturated rings. The van der Waals surface area contributed by atoms with Crippen molar-refractivity contribution < 1.29 is 0 Å². The molecule has 1 aliphatic rings. The van der Waals surface area contributed by atoms with Gasteiger partial charge in [-0.1, -0.05) is 43.3 Å². The Labute approximate surface area is 121 Å². The summed E-state index contributed by atoms with van der Waals surface area (Å²) in [4.78, 5) is 2.61. The lowest BCUT2D eigenvalue weighted by molar-refractivity contribution is 0.231. The number of nitrogens with two attached hydrogens (primary N) is 1. The second-order valence-electron chi connectivity index (χ2n) is 5.87. The van der Waals surface area contributed by atoms with Gasteiger partial charge < -0.3 is 5.73 Å². The molecule has 3 rings (SSSR count). The summed E-state index contributed by atoms with van der Waals surface area (Å²) in [6.45, 7) is 5.41. The lowest BCUT2D eigenvalue weighted by atomic mass is 9.92. The number of likely N-dealkylation sites (tertiary alicyclic amines) is 1. The lowest BCUT2D eigenvalue weighted by Crippen LogP contribution is -2.28. The summed E-state index contributed by atoms with van der Waals surface area (Å²) in [5, 5.41) is 2.66. The predicted octanol–water partition coefficient (Wildman–Crippen LogP) is 3.57. The summed E-state index contributed by atoms with van der Waals surface area (Å²) < 4.78 is 0. The van der Waals surface area contributed by atoms with Gasteiger partial charge in [0.2, 0.25) is 0 Å². The molecule has 2 unspecified atom stereocenters. The third-order valence-electron chi connectivity index (χ3n) is 4.56. The van der Waals surface area contributed by atoms with Gasteiger partial charge in [-0.3, -0.25) is 4.90 Å². The van der Waals surface area contributed by atoms with Crippen LogP contribution < -0.4 is 5.73 Å². The van der Waals surface area contributed by atoms with Crippen molar-refractivity contribution in [3.8, 4) is 0 Å². The molecule has 0 saturated carbocycles. The highest BCUT2D eigenvalue weighted by Gasteiger charge is 2.33. The minimum Gasteiger partial charge on any atom is -0.330 e. The Hall–Kier alpha value is -1.38. The average molecular weight is 268 g/mol. The van der Waals surface area contributed by atoms with Gasteiger partial charge in [-0.15, -0.1) is 0 Å². The van der Waals surface area contributed by atoms with Crippen LogP contribution in [0.15, 0.2) is 42.5 Å². The SMILES string of the molecule is CCCN1CCC(CN)C1c1ccc2ccccc2c1. The van der Waals surface area contributed by atoms with E-state index in [1.807, 2.05) is 0 Å². The van der Waals surface area contributed by atoms with Crippen molar-refractivity contribution in [2.75, 3.05) is 19.6 Å². The molecule has 0 aromatic heterocycles. The molecule has 0 radical (unpaired) electrons. The van der Waals surface area contributed by atoms with Crippen LogP contribution in [0.3, 0.4) is 0 Å². The molecule has 2 aromatic rings. The first kappa shape index (κ1) is 13.6. The normalized spacial score (nSPS) is 23.5. The summed E-state index contributed by atoms with van der Waals surface area (Å²) >= 11 is 0. The highest BCUT2D eigenvalue weighted by atomic mass is 15.2. The average Bonchev–Trinajstić information content (AvgIpc) is 2.90. The molecule has 106 valence electrons. The molecule has 2 atom stereocenters. The molecule has 0 bridgehead atoms. The van der Waals surface area contributed by atoms with Crippen LogP contribution in [-0.4, -0.2) is 24.5 Å². The van der Waals surface area contributed by atoms with E-state index in [9.17, 15) is 0 Å². The molecule has 0 amide bonds. The Kier molecular flexibility index (Phi) is 4.04. The summed E-state index contributed by atoms with van der Waals surface area (Å²) in [5.41, 5.74) is 7.44. The smallest absolute Gasteiger partial charge is 0.0389 e. The Morgan fingerprint density at radius 3 is 2.70 bits per heavy atom. The molecule has 2 N–H and O–H groups in total. The van der Waals surface area contributed by atoms with E-state index in [-0.39, 0.29) is 0 Å². The maximum absolute atomic E-state index is 6.01. The van der Waals surface area contributed by atoms with Crippen LogP contribution in [0.25, 0.3) is 10.8 Å². The van der Waals surface area contributed by atoms with Gasteiger partial charge in [-0.2, -0.15) is 0 Å². The van der Waals surface area contributed by atoms with Crippen LogP contribution in [0.5, 0.6) is 0 Å². The number of hydrogen-bond donors (Lipinski definition) is 1. The van der Waals surface area contributed by atoms with Gasteiger partial charge in [-0.05, 0) is 60.8 Å². The maximum atomic E-state index is 6.01. The van der Waals surface area contributed by atoms with E-state index >= 15 is 0 Å². The van der Waals surface area contributed by atoms with Crippen molar-refractivity contribution in [1.82, 2.24) is 4.90 Å². The minimum atomic E-state index is 0.504. The van der Waals surface area contributed by atoms with E-state index in [0.29, 0.717) is 12.0 Å². The van der Waals surface area contributed by atoms with E-state index < -0.39 is 0 Å². The van der Waals surface area contributed by atoms with Gasteiger partial charge in [-0.25, -0.2) is 0 Å². The van der Waals surface area contributed by atoms with Crippen molar-refractivity contribution in [1.29, 1.82) is 0 Å². The number of benzene rings is 2. The van der Waals surface area contributed by atoms with Gasteiger partial charge in [0.1, 0.15) is 0 Å². The van der Waals surface area contributed by atoms with E-state index in [4.69, 9.17) is 5.73 Å². The Morgan fingerprint density at radius 2 is 1.95 bits per heavy atom. The van der Waals surface area contributed by atoms with Crippen LogP contribution in [-0.2, 0) is 0 Å². The van der Waals surface area contributed by atoms with E-state index in [0.717, 1.165) is 6.54 Å². The molecule has 2 nitrogen and oxygen atoms in total. The second kappa shape index (κ2) is 5.94. The van der Waals surface area contributed by atoms with Crippen molar-refractivity contribution >= 4 is 10.8 Å². The number of hydrogen-bond acceptors (Lipinski definition) is 2. The molecule has 0 spiro atoms. The summed E-state index contributed by atoms with van der Waals surface area (Å²) in [7, 11) is 0. The lowest BCUT2D eigenvalue weighted by Gasteiger charge is -2.28. The maximum Gasteiger partial charge on any atom is 0.0389 e. The Bertz CT molecular complexity index is 578. The zero-order chi connectivity index (χ0) is 13.9. The van der Waals surface area contributed by atoms with Gasteiger partial charge in [0.05, 0.1) is 0 Å². The van der Waals surface area contributed by atoms with Crippen LogP contribution in [0.4, 0.5) is 0 Å². The number of nitrogens with zero attached hydrogens (tertiary/aromatic N) is 1. The fourth-order valence-corrected chi connectivity index (χ4v) is 3.59.